The third-order valence-electron chi connectivity index (χ3n) is 6.27. The van der Waals surface area contributed by atoms with E-state index >= 15 is 0 Å². The molecule has 0 aliphatic carbocycles. The van der Waals surface area contributed by atoms with Gasteiger partial charge in [-0.05, 0) is 30.2 Å². The number of aliphatic hydroxyl groups is 1. The first-order valence-electron chi connectivity index (χ1n) is 11.3. The van der Waals surface area contributed by atoms with E-state index in [0.717, 1.165) is 38.9 Å². The number of imide groups is 1. The van der Waals surface area contributed by atoms with Crippen molar-refractivity contribution in [2.75, 3.05) is 6.54 Å². The summed E-state index contributed by atoms with van der Waals surface area (Å²) in [7, 11) is 0. The molecule has 1 aliphatic rings. The zero-order valence-electron chi connectivity index (χ0n) is 18.6. The Bertz CT molecular complexity index is 1310. The van der Waals surface area contributed by atoms with E-state index < -0.39 is 6.10 Å². The van der Waals surface area contributed by atoms with Crippen LogP contribution in [0.1, 0.15) is 18.4 Å². The van der Waals surface area contributed by atoms with E-state index in [4.69, 9.17) is 0 Å². The van der Waals surface area contributed by atoms with Gasteiger partial charge in [-0.25, -0.2) is 0 Å². The molecule has 0 radical (unpaired) electrons. The van der Waals surface area contributed by atoms with Crippen LogP contribution in [0.2, 0.25) is 0 Å². The Balaban J connectivity index is 1.68. The first kappa shape index (κ1) is 21.2. The summed E-state index contributed by atoms with van der Waals surface area (Å²) in [5.74, 6) is -0.416. The van der Waals surface area contributed by atoms with E-state index in [1.807, 2.05) is 36.4 Å². The average molecular weight is 439 g/mol. The molecular formula is C28H26N2O3. The van der Waals surface area contributed by atoms with E-state index in [0.29, 0.717) is 0 Å². The van der Waals surface area contributed by atoms with Gasteiger partial charge in [0.05, 0.1) is 24.9 Å². The average Bonchev–Trinajstić information content (AvgIpc) is 3.31. The predicted molar refractivity (Wildman–Crippen MR) is 130 cm³/mol. The van der Waals surface area contributed by atoms with Crippen LogP contribution in [-0.4, -0.2) is 39.0 Å². The number of amides is 2. The van der Waals surface area contributed by atoms with Gasteiger partial charge in [-0.1, -0.05) is 72.3 Å². The van der Waals surface area contributed by atoms with Crippen molar-refractivity contribution in [3.8, 4) is 22.4 Å². The van der Waals surface area contributed by atoms with Gasteiger partial charge in [0.25, 0.3) is 0 Å². The van der Waals surface area contributed by atoms with Gasteiger partial charge >= 0.3 is 0 Å². The number of aliphatic hydroxyl groups excluding tert-OH is 1. The Morgan fingerprint density at radius 2 is 1.42 bits per heavy atom. The van der Waals surface area contributed by atoms with E-state index in [9.17, 15) is 14.7 Å². The molecule has 1 fully saturated rings. The summed E-state index contributed by atoms with van der Waals surface area (Å²) in [5, 5.41) is 12.1. The zero-order chi connectivity index (χ0) is 22.9. The van der Waals surface area contributed by atoms with Gasteiger partial charge in [0, 0.05) is 29.3 Å². The highest BCUT2D eigenvalue weighted by atomic mass is 16.3. The lowest BCUT2D eigenvalue weighted by Crippen LogP contribution is -2.38. The fourth-order valence-electron chi connectivity index (χ4n) is 4.76. The topological polar surface area (TPSA) is 62.5 Å². The summed E-state index contributed by atoms with van der Waals surface area (Å²) in [5.41, 5.74) is 6.44. The van der Waals surface area contributed by atoms with Crippen molar-refractivity contribution in [2.45, 2.75) is 32.4 Å². The molecule has 5 nitrogen and oxygen atoms in total. The molecular weight excluding hydrogens is 412 g/mol. The third kappa shape index (κ3) is 3.96. The number of benzene rings is 3. The molecule has 1 N–H and O–H groups in total. The highest BCUT2D eigenvalue weighted by Crippen LogP contribution is 2.41. The molecule has 0 bridgehead atoms. The molecule has 1 aromatic heterocycles. The fourth-order valence-corrected chi connectivity index (χ4v) is 4.76. The Morgan fingerprint density at radius 1 is 0.818 bits per heavy atom. The SMILES string of the molecule is Cc1ccc2c(c1)c(-c1ccccc1)c(-c1ccccc1)n2C[C@@H](O)CN1C(=O)CCC1=O. The molecule has 33 heavy (non-hydrogen) atoms. The normalized spacial score (nSPS) is 14.9. The molecule has 5 heteroatoms. The van der Waals surface area contributed by atoms with Crippen LogP contribution in [0.15, 0.2) is 78.9 Å². The van der Waals surface area contributed by atoms with Crippen molar-refractivity contribution in [2.24, 2.45) is 0 Å². The number of hydrogen-bond donors (Lipinski definition) is 1. The lowest BCUT2D eigenvalue weighted by Gasteiger charge is -2.21. The molecule has 4 aromatic rings. The van der Waals surface area contributed by atoms with Crippen molar-refractivity contribution in [3.05, 3.63) is 84.4 Å². The quantitative estimate of drug-likeness (QED) is 0.440. The van der Waals surface area contributed by atoms with Crippen LogP contribution >= 0.6 is 0 Å². The molecule has 1 atom stereocenters. The van der Waals surface area contributed by atoms with Crippen LogP contribution in [0.3, 0.4) is 0 Å². The number of nitrogens with zero attached hydrogens (tertiary/aromatic N) is 2. The number of aromatic nitrogens is 1. The van der Waals surface area contributed by atoms with Crippen molar-refractivity contribution in [1.82, 2.24) is 9.47 Å². The van der Waals surface area contributed by atoms with E-state index in [1.54, 1.807) is 0 Å². The van der Waals surface area contributed by atoms with E-state index in [1.165, 1.54) is 4.90 Å². The van der Waals surface area contributed by atoms with Crippen molar-refractivity contribution in [1.29, 1.82) is 0 Å². The molecule has 2 heterocycles. The van der Waals surface area contributed by atoms with Crippen LogP contribution in [-0.2, 0) is 16.1 Å². The number of fused-ring (bicyclic) bond motifs is 1. The number of likely N-dealkylation sites (tertiary alicyclic amines) is 1. The minimum Gasteiger partial charge on any atom is -0.389 e. The maximum Gasteiger partial charge on any atom is 0.229 e. The van der Waals surface area contributed by atoms with Crippen LogP contribution in [0.25, 0.3) is 33.3 Å². The molecule has 2 amide bonds. The van der Waals surface area contributed by atoms with Crippen molar-refractivity contribution >= 4 is 22.7 Å². The minimum absolute atomic E-state index is 0.0120. The van der Waals surface area contributed by atoms with Crippen LogP contribution in [0, 0.1) is 6.92 Å². The highest BCUT2D eigenvalue weighted by molar-refractivity contribution is 6.05. The summed E-state index contributed by atoms with van der Waals surface area (Å²) < 4.78 is 2.13. The maximum absolute atomic E-state index is 12.1. The Kier molecular flexibility index (Phi) is 5.56. The molecule has 3 aromatic carbocycles. The van der Waals surface area contributed by atoms with E-state index in [2.05, 4.69) is 54.0 Å². The lowest BCUT2D eigenvalue weighted by molar-refractivity contribution is -0.140. The smallest absolute Gasteiger partial charge is 0.229 e. The number of hydrogen-bond acceptors (Lipinski definition) is 3. The molecule has 0 saturated carbocycles. The predicted octanol–water partition coefficient (Wildman–Crippen LogP) is 4.79. The van der Waals surface area contributed by atoms with Crippen molar-refractivity contribution < 1.29 is 14.7 Å². The van der Waals surface area contributed by atoms with Crippen LogP contribution < -0.4 is 0 Å². The monoisotopic (exact) mass is 438 g/mol. The van der Waals surface area contributed by atoms with Crippen LogP contribution in [0.4, 0.5) is 0 Å². The summed E-state index contributed by atoms with van der Waals surface area (Å²) >= 11 is 0. The summed E-state index contributed by atoms with van der Waals surface area (Å²) in [6, 6.07) is 26.8. The van der Waals surface area contributed by atoms with Gasteiger partial charge in [0.15, 0.2) is 0 Å². The van der Waals surface area contributed by atoms with Crippen molar-refractivity contribution in [3.63, 3.8) is 0 Å². The summed E-state index contributed by atoms with van der Waals surface area (Å²) in [6.07, 6.45) is -0.422. The lowest BCUT2D eigenvalue weighted by atomic mass is 9.98. The second kappa shape index (κ2) is 8.68. The third-order valence-corrected chi connectivity index (χ3v) is 6.27. The summed E-state index contributed by atoms with van der Waals surface area (Å²) in [6.45, 7) is 2.36. The molecule has 166 valence electrons. The maximum atomic E-state index is 12.1. The number of aryl methyl sites for hydroxylation is 1. The van der Waals surface area contributed by atoms with Gasteiger partial charge < -0.3 is 9.67 Å². The number of carbonyl (C=O) groups excluding carboxylic acids is 2. The van der Waals surface area contributed by atoms with Gasteiger partial charge in [0.1, 0.15) is 0 Å². The first-order chi connectivity index (χ1) is 16.0. The largest absolute Gasteiger partial charge is 0.389 e. The Morgan fingerprint density at radius 3 is 2.06 bits per heavy atom. The van der Waals surface area contributed by atoms with Gasteiger partial charge in [0.2, 0.25) is 11.8 Å². The van der Waals surface area contributed by atoms with Gasteiger partial charge in [-0.3, -0.25) is 14.5 Å². The zero-order valence-corrected chi connectivity index (χ0v) is 18.6. The van der Waals surface area contributed by atoms with E-state index in [-0.39, 0.29) is 37.7 Å². The Hall–Kier alpha value is -3.70. The molecule has 1 aliphatic heterocycles. The second-order valence-corrected chi connectivity index (χ2v) is 8.64. The highest BCUT2D eigenvalue weighted by Gasteiger charge is 2.31. The van der Waals surface area contributed by atoms with Gasteiger partial charge in [-0.15, -0.1) is 0 Å². The minimum atomic E-state index is -0.876. The first-order valence-corrected chi connectivity index (χ1v) is 11.3. The standard InChI is InChI=1S/C28H26N2O3/c1-19-12-13-24-23(16-19)27(20-8-4-2-5-9-20)28(21-10-6-3-7-11-21)29(24)17-22(31)18-30-25(32)14-15-26(30)33/h2-13,16,22,31H,14-15,17-18H2,1H3/t22-/m1/s1. The number of β-amino-alcohol motifs (C(OH)–C–C–N with tert-alkyl or cyclic N) is 1. The second-order valence-electron chi connectivity index (χ2n) is 8.64. The Labute approximate surface area is 192 Å². The molecule has 0 unspecified atom stereocenters. The van der Waals surface area contributed by atoms with Crippen LogP contribution in [0.5, 0.6) is 0 Å². The number of carbonyl (C=O) groups is 2. The van der Waals surface area contributed by atoms with Gasteiger partial charge in [-0.2, -0.15) is 0 Å². The number of rotatable bonds is 6. The molecule has 1 saturated heterocycles. The fraction of sp³-hybridized carbons (Fsp3) is 0.214. The molecule has 5 rings (SSSR count). The summed E-state index contributed by atoms with van der Waals surface area (Å²) in [4.78, 5) is 25.4. The molecule has 0 spiro atoms.